The summed E-state index contributed by atoms with van der Waals surface area (Å²) in [5.74, 6) is 0. The molecule has 0 saturated carbocycles. The van der Waals surface area contributed by atoms with E-state index in [1.165, 1.54) is 12.4 Å². The van der Waals surface area contributed by atoms with E-state index >= 15 is 0 Å². The number of aromatic nitrogens is 2. The summed E-state index contributed by atoms with van der Waals surface area (Å²) in [6.07, 6.45) is 2.87. The predicted molar refractivity (Wildman–Crippen MR) is 68.3 cm³/mol. The van der Waals surface area contributed by atoms with E-state index in [-0.39, 0.29) is 4.90 Å². The van der Waals surface area contributed by atoms with Gasteiger partial charge in [-0.15, -0.1) is 0 Å². The van der Waals surface area contributed by atoms with Crippen LogP contribution in [0.15, 0.2) is 40.0 Å². The molecule has 2 aromatic rings. The van der Waals surface area contributed by atoms with Crippen molar-refractivity contribution in [3.05, 3.63) is 40.6 Å². The molecular formula is C10H10BrN3O2S. The average Bonchev–Trinajstić information content (AvgIpc) is 2.68. The monoisotopic (exact) mass is 315 g/mol. The molecule has 0 aliphatic carbocycles. The van der Waals surface area contributed by atoms with Gasteiger partial charge in [-0.2, -0.15) is 5.10 Å². The number of aryl methyl sites for hydroxylation is 1. The number of H-pyrrole nitrogens is 1. The summed E-state index contributed by atoms with van der Waals surface area (Å²) in [7, 11) is -3.59. The highest BCUT2D eigenvalue weighted by atomic mass is 79.9. The van der Waals surface area contributed by atoms with Gasteiger partial charge in [-0.3, -0.25) is 9.82 Å². The standard InChI is InChI=1S/C10H10BrN3O2S/c1-7-2-3-10(9(11)4-7)17(15,16)14-8-5-12-13-6-8/h2-6,14H,1H3,(H,12,13). The van der Waals surface area contributed by atoms with Crippen molar-refractivity contribution in [3.63, 3.8) is 0 Å². The van der Waals surface area contributed by atoms with Crippen molar-refractivity contribution in [2.24, 2.45) is 0 Å². The molecule has 0 fully saturated rings. The number of benzene rings is 1. The Morgan fingerprint density at radius 1 is 1.41 bits per heavy atom. The highest BCUT2D eigenvalue weighted by Crippen LogP contribution is 2.24. The SMILES string of the molecule is Cc1ccc(S(=O)(=O)Nc2cn[nH]c2)c(Br)c1. The Morgan fingerprint density at radius 2 is 2.18 bits per heavy atom. The second kappa shape index (κ2) is 4.50. The van der Waals surface area contributed by atoms with Crippen molar-refractivity contribution < 1.29 is 8.42 Å². The first-order valence-corrected chi connectivity index (χ1v) is 7.04. The van der Waals surface area contributed by atoms with Gasteiger partial charge in [-0.25, -0.2) is 8.42 Å². The van der Waals surface area contributed by atoms with E-state index in [2.05, 4.69) is 30.8 Å². The summed E-state index contributed by atoms with van der Waals surface area (Å²) in [6, 6.07) is 5.06. The Balaban J connectivity index is 2.38. The van der Waals surface area contributed by atoms with Gasteiger partial charge in [-0.1, -0.05) is 6.07 Å². The molecule has 17 heavy (non-hydrogen) atoms. The van der Waals surface area contributed by atoms with Crippen LogP contribution in [0.25, 0.3) is 0 Å². The molecule has 0 radical (unpaired) electrons. The Morgan fingerprint density at radius 3 is 2.76 bits per heavy atom. The molecule has 0 saturated heterocycles. The minimum atomic E-state index is -3.59. The lowest BCUT2D eigenvalue weighted by atomic mass is 10.2. The highest BCUT2D eigenvalue weighted by Gasteiger charge is 2.17. The Kier molecular flexibility index (Phi) is 3.21. The van der Waals surface area contributed by atoms with Gasteiger partial charge in [0.15, 0.2) is 0 Å². The highest BCUT2D eigenvalue weighted by molar-refractivity contribution is 9.10. The first-order chi connectivity index (χ1) is 7.99. The Hall–Kier alpha value is -1.34. The van der Waals surface area contributed by atoms with Crippen LogP contribution in [-0.2, 0) is 10.0 Å². The second-order valence-corrected chi connectivity index (χ2v) is 6.03. The van der Waals surface area contributed by atoms with Crippen molar-refractivity contribution in [2.45, 2.75) is 11.8 Å². The molecule has 7 heteroatoms. The molecule has 5 nitrogen and oxygen atoms in total. The lowest BCUT2D eigenvalue weighted by molar-refractivity contribution is 0.600. The van der Waals surface area contributed by atoms with Gasteiger partial charge >= 0.3 is 0 Å². The number of nitrogens with zero attached hydrogens (tertiary/aromatic N) is 1. The number of hydrogen-bond donors (Lipinski definition) is 2. The third-order valence-corrected chi connectivity index (χ3v) is 4.49. The zero-order chi connectivity index (χ0) is 12.5. The number of aromatic amines is 1. The minimum Gasteiger partial charge on any atom is -0.284 e. The molecule has 0 bridgehead atoms. The largest absolute Gasteiger partial charge is 0.284 e. The number of rotatable bonds is 3. The molecule has 1 heterocycles. The van der Waals surface area contributed by atoms with Crippen LogP contribution in [0.1, 0.15) is 5.56 Å². The van der Waals surface area contributed by atoms with Gasteiger partial charge in [0.2, 0.25) is 0 Å². The van der Waals surface area contributed by atoms with E-state index in [1.807, 2.05) is 6.92 Å². The maximum Gasteiger partial charge on any atom is 0.263 e. The van der Waals surface area contributed by atoms with Crippen LogP contribution >= 0.6 is 15.9 Å². The fraction of sp³-hybridized carbons (Fsp3) is 0.100. The number of hydrogen-bond acceptors (Lipinski definition) is 3. The van der Waals surface area contributed by atoms with Gasteiger partial charge in [-0.05, 0) is 40.5 Å². The van der Waals surface area contributed by atoms with E-state index in [9.17, 15) is 8.42 Å². The van der Waals surface area contributed by atoms with Gasteiger partial charge in [0.25, 0.3) is 10.0 Å². The fourth-order valence-corrected chi connectivity index (χ4v) is 3.57. The Labute approximate surface area is 107 Å². The summed E-state index contributed by atoms with van der Waals surface area (Å²) in [4.78, 5) is 0.198. The van der Waals surface area contributed by atoms with Gasteiger partial charge < -0.3 is 0 Å². The number of halogens is 1. The molecule has 0 spiro atoms. The van der Waals surface area contributed by atoms with E-state index in [4.69, 9.17) is 0 Å². The van der Waals surface area contributed by atoms with Crippen LogP contribution in [0, 0.1) is 6.92 Å². The number of sulfonamides is 1. The first-order valence-electron chi connectivity index (χ1n) is 4.77. The van der Waals surface area contributed by atoms with Crippen LogP contribution in [0.3, 0.4) is 0 Å². The maximum atomic E-state index is 12.0. The van der Waals surface area contributed by atoms with Gasteiger partial charge in [0.05, 0.1) is 11.9 Å². The molecule has 0 atom stereocenters. The van der Waals surface area contributed by atoms with Crippen molar-refractivity contribution in [1.82, 2.24) is 10.2 Å². The zero-order valence-electron chi connectivity index (χ0n) is 8.94. The minimum absolute atomic E-state index is 0.198. The van der Waals surface area contributed by atoms with Crippen LogP contribution in [0.2, 0.25) is 0 Å². The summed E-state index contributed by atoms with van der Waals surface area (Å²) < 4.78 is 27.1. The lowest BCUT2D eigenvalue weighted by Gasteiger charge is -2.08. The zero-order valence-corrected chi connectivity index (χ0v) is 11.3. The molecule has 1 aromatic heterocycles. The van der Waals surface area contributed by atoms with E-state index in [0.29, 0.717) is 10.2 Å². The van der Waals surface area contributed by atoms with Crippen LogP contribution in [0.4, 0.5) is 5.69 Å². The molecule has 0 aliphatic rings. The number of anilines is 1. The molecule has 2 rings (SSSR count). The normalized spacial score (nSPS) is 11.4. The van der Waals surface area contributed by atoms with Crippen LogP contribution in [-0.4, -0.2) is 18.6 Å². The smallest absolute Gasteiger partial charge is 0.263 e. The van der Waals surface area contributed by atoms with Crippen molar-refractivity contribution >= 4 is 31.6 Å². The van der Waals surface area contributed by atoms with Gasteiger partial charge in [0.1, 0.15) is 4.90 Å². The first kappa shape index (κ1) is 12.1. The summed E-state index contributed by atoms with van der Waals surface area (Å²) in [5.41, 5.74) is 1.39. The molecule has 1 aromatic carbocycles. The van der Waals surface area contributed by atoms with E-state index in [0.717, 1.165) is 5.56 Å². The quantitative estimate of drug-likeness (QED) is 0.912. The number of nitrogens with one attached hydrogen (secondary N) is 2. The summed E-state index contributed by atoms with van der Waals surface area (Å²) in [5, 5.41) is 6.21. The van der Waals surface area contributed by atoms with E-state index in [1.54, 1.807) is 18.2 Å². The third-order valence-electron chi connectivity index (χ3n) is 2.13. The Bertz CT molecular complexity index is 623. The second-order valence-electron chi connectivity index (χ2n) is 3.53. The predicted octanol–water partition coefficient (Wildman–Crippen LogP) is 2.28. The van der Waals surface area contributed by atoms with Crippen LogP contribution < -0.4 is 4.72 Å². The molecule has 0 aliphatic heterocycles. The topological polar surface area (TPSA) is 74.8 Å². The van der Waals surface area contributed by atoms with Crippen molar-refractivity contribution in [1.29, 1.82) is 0 Å². The average molecular weight is 316 g/mol. The van der Waals surface area contributed by atoms with Gasteiger partial charge in [0, 0.05) is 10.7 Å². The van der Waals surface area contributed by atoms with Crippen molar-refractivity contribution in [2.75, 3.05) is 4.72 Å². The molecule has 0 unspecified atom stereocenters. The third kappa shape index (κ3) is 2.67. The van der Waals surface area contributed by atoms with E-state index < -0.39 is 10.0 Å². The van der Waals surface area contributed by atoms with Crippen molar-refractivity contribution in [3.8, 4) is 0 Å². The summed E-state index contributed by atoms with van der Waals surface area (Å²) in [6.45, 7) is 1.89. The molecular weight excluding hydrogens is 306 g/mol. The maximum absolute atomic E-state index is 12.0. The summed E-state index contributed by atoms with van der Waals surface area (Å²) >= 11 is 3.24. The molecule has 0 amide bonds. The lowest BCUT2D eigenvalue weighted by Crippen LogP contribution is -2.13. The van der Waals surface area contributed by atoms with Crippen LogP contribution in [0.5, 0.6) is 0 Å². The molecule has 90 valence electrons. The fourth-order valence-electron chi connectivity index (χ4n) is 1.34. The molecule has 2 N–H and O–H groups in total.